The van der Waals surface area contributed by atoms with Crippen LogP contribution in [0.3, 0.4) is 0 Å². The summed E-state index contributed by atoms with van der Waals surface area (Å²) in [6, 6.07) is 55.6. The van der Waals surface area contributed by atoms with E-state index in [-0.39, 0.29) is 0 Å². The van der Waals surface area contributed by atoms with Crippen LogP contribution in [-0.4, -0.2) is 19.9 Å². The van der Waals surface area contributed by atoms with Gasteiger partial charge in [0.15, 0.2) is 17.5 Å². The normalized spacial score (nSPS) is 11.8. The molecule has 0 radical (unpaired) electrons. The van der Waals surface area contributed by atoms with Crippen molar-refractivity contribution in [3.05, 3.63) is 158 Å². The molecule has 3 heterocycles. The van der Waals surface area contributed by atoms with E-state index in [1.54, 1.807) is 22.7 Å². The van der Waals surface area contributed by atoms with Crippen LogP contribution < -0.4 is 0 Å². The van der Waals surface area contributed by atoms with Crippen molar-refractivity contribution >= 4 is 85.4 Å². The molecule has 8 aromatic carbocycles. The van der Waals surface area contributed by atoms with Gasteiger partial charge in [-0.15, -0.1) is 22.7 Å². The smallest absolute Gasteiger partial charge is 0.165 e. The van der Waals surface area contributed by atoms with Crippen molar-refractivity contribution in [2.75, 3.05) is 0 Å². The second-order valence-corrected chi connectivity index (χ2v) is 15.1. The highest BCUT2D eigenvalue weighted by molar-refractivity contribution is 7.26. The molecule has 0 aliphatic heterocycles. The van der Waals surface area contributed by atoms with E-state index >= 15 is 0 Å². The third-order valence-electron chi connectivity index (χ3n) is 9.92. The van der Waals surface area contributed by atoms with Crippen LogP contribution in [0.15, 0.2) is 158 Å². The molecule has 11 aromatic rings. The van der Waals surface area contributed by atoms with Gasteiger partial charge < -0.3 is 0 Å². The van der Waals surface area contributed by atoms with Gasteiger partial charge in [0.05, 0.1) is 10.2 Å². The fraction of sp³-hybridized carbons (Fsp3) is 0. The maximum Gasteiger partial charge on any atom is 0.165 e. The third-order valence-corrected chi connectivity index (χ3v) is 12.2. The molecular weight excluding hydrogens is 673 g/mol. The lowest BCUT2D eigenvalue weighted by molar-refractivity contribution is 1.08. The number of thiazole rings is 1. The van der Waals surface area contributed by atoms with Crippen LogP contribution in [0.5, 0.6) is 0 Å². The van der Waals surface area contributed by atoms with Crippen LogP contribution in [0, 0.1) is 0 Å². The van der Waals surface area contributed by atoms with Gasteiger partial charge >= 0.3 is 0 Å². The summed E-state index contributed by atoms with van der Waals surface area (Å²) < 4.78 is 3.54. The maximum atomic E-state index is 5.30. The quantitative estimate of drug-likeness (QED) is 0.172. The Kier molecular flexibility index (Phi) is 6.56. The van der Waals surface area contributed by atoms with E-state index in [9.17, 15) is 0 Å². The van der Waals surface area contributed by atoms with Gasteiger partial charge in [-0.05, 0) is 62.6 Å². The van der Waals surface area contributed by atoms with Gasteiger partial charge in [0, 0.05) is 42.4 Å². The zero-order valence-corrected chi connectivity index (χ0v) is 29.2. The summed E-state index contributed by atoms with van der Waals surface area (Å²) in [6.07, 6.45) is 0. The minimum Gasteiger partial charge on any atom is -0.236 e. The molecule has 6 heteroatoms. The monoisotopic (exact) mass is 698 g/mol. The number of aromatic nitrogens is 4. The standard InChI is InChI=1S/C46H26N4S2/c1-2-12-28(13-3-1)46-47-39-26-40-37(25-41(39)52-46)35-19-10-20-36(42(35)51-40)44-48-43(31-22-21-27-11-4-5-14-29(27)23-31)49-45(50-44)38-24-30-15-6-7-16-32(30)33-17-8-9-18-34(33)38/h1-26H. The van der Waals surface area contributed by atoms with E-state index in [2.05, 4.69) is 152 Å². The van der Waals surface area contributed by atoms with Crippen molar-refractivity contribution in [3.63, 3.8) is 0 Å². The largest absolute Gasteiger partial charge is 0.236 e. The SMILES string of the molecule is c1ccc(-c2nc3cc4sc5c(-c6nc(-c7ccc8ccccc8c7)nc(-c7cc8ccccc8c8ccccc78)n6)cccc5c4cc3s2)cc1. The van der Waals surface area contributed by atoms with Crippen molar-refractivity contribution in [1.29, 1.82) is 0 Å². The summed E-state index contributed by atoms with van der Waals surface area (Å²) in [5.74, 6) is 1.97. The summed E-state index contributed by atoms with van der Waals surface area (Å²) in [5.41, 5.74) is 5.11. The zero-order valence-electron chi connectivity index (χ0n) is 27.6. The van der Waals surface area contributed by atoms with Crippen LogP contribution in [0.4, 0.5) is 0 Å². The van der Waals surface area contributed by atoms with Crippen LogP contribution in [0.2, 0.25) is 0 Å². The average Bonchev–Trinajstić information content (AvgIpc) is 3.80. The number of nitrogens with zero attached hydrogens (tertiary/aromatic N) is 4. The number of hydrogen-bond donors (Lipinski definition) is 0. The van der Waals surface area contributed by atoms with Crippen molar-refractivity contribution in [3.8, 4) is 44.7 Å². The van der Waals surface area contributed by atoms with Gasteiger partial charge in [-0.2, -0.15) is 0 Å². The molecule has 0 bridgehead atoms. The molecule has 0 aliphatic rings. The Hall–Kier alpha value is -6.34. The van der Waals surface area contributed by atoms with E-state index < -0.39 is 0 Å². The Morgan fingerprint density at radius 3 is 1.90 bits per heavy atom. The first kappa shape index (κ1) is 29.4. The van der Waals surface area contributed by atoms with Crippen molar-refractivity contribution < 1.29 is 0 Å². The maximum absolute atomic E-state index is 5.30. The predicted octanol–water partition coefficient (Wildman–Crippen LogP) is 13.0. The number of rotatable bonds is 4. The van der Waals surface area contributed by atoms with E-state index in [0.29, 0.717) is 17.5 Å². The third kappa shape index (κ3) is 4.73. The fourth-order valence-electron chi connectivity index (χ4n) is 7.41. The average molecular weight is 699 g/mol. The second-order valence-electron chi connectivity index (χ2n) is 13.0. The Labute approximate surface area is 306 Å². The molecule has 0 amide bonds. The molecule has 0 saturated heterocycles. The number of fused-ring (bicyclic) bond motifs is 8. The van der Waals surface area contributed by atoms with Crippen molar-refractivity contribution in [1.82, 2.24) is 19.9 Å². The number of hydrogen-bond acceptors (Lipinski definition) is 6. The van der Waals surface area contributed by atoms with Crippen LogP contribution in [-0.2, 0) is 0 Å². The lowest BCUT2D eigenvalue weighted by atomic mass is 9.97. The Balaban J connectivity index is 1.15. The van der Waals surface area contributed by atoms with E-state index in [4.69, 9.17) is 19.9 Å². The molecule has 0 atom stereocenters. The lowest BCUT2D eigenvalue weighted by Crippen LogP contribution is -2.01. The molecular formula is C46H26N4S2. The van der Waals surface area contributed by atoms with E-state index in [1.165, 1.54) is 36.3 Å². The highest BCUT2D eigenvalue weighted by Gasteiger charge is 2.19. The molecule has 0 saturated carbocycles. The van der Waals surface area contributed by atoms with E-state index in [1.807, 2.05) is 6.07 Å². The topological polar surface area (TPSA) is 51.6 Å². The Morgan fingerprint density at radius 1 is 0.346 bits per heavy atom. The summed E-state index contributed by atoms with van der Waals surface area (Å²) in [4.78, 5) is 20.8. The molecule has 52 heavy (non-hydrogen) atoms. The van der Waals surface area contributed by atoms with Crippen LogP contribution >= 0.6 is 22.7 Å². The second kappa shape index (κ2) is 11.6. The van der Waals surface area contributed by atoms with Gasteiger partial charge in [-0.25, -0.2) is 19.9 Å². The number of thiophene rings is 1. The highest BCUT2D eigenvalue weighted by atomic mass is 32.1. The number of benzene rings is 8. The molecule has 242 valence electrons. The summed E-state index contributed by atoms with van der Waals surface area (Å²) in [6.45, 7) is 0. The van der Waals surface area contributed by atoms with Crippen LogP contribution in [0.25, 0.3) is 107 Å². The zero-order chi connectivity index (χ0) is 34.2. The first-order chi connectivity index (χ1) is 25.7. The summed E-state index contributed by atoms with van der Waals surface area (Å²) in [7, 11) is 0. The van der Waals surface area contributed by atoms with Gasteiger partial charge in [-0.3, -0.25) is 0 Å². The fourth-order valence-corrected chi connectivity index (χ4v) is 9.63. The molecule has 11 rings (SSSR count). The minimum atomic E-state index is 0.652. The molecule has 3 aromatic heterocycles. The predicted molar refractivity (Wildman–Crippen MR) is 220 cm³/mol. The minimum absolute atomic E-state index is 0.652. The molecule has 0 fully saturated rings. The van der Waals surface area contributed by atoms with Crippen molar-refractivity contribution in [2.45, 2.75) is 0 Å². The Bertz CT molecular complexity index is 3200. The first-order valence-electron chi connectivity index (χ1n) is 17.2. The van der Waals surface area contributed by atoms with E-state index in [0.717, 1.165) is 53.6 Å². The van der Waals surface area contributed by atoms with Gasteiger partial charge in [0.1, 0.15) is 5.01 Å². The molecule has 0 N–H and O–H groups in total. The molecule has 0 unspecified atom stereocenters. The highest BCUT2D eigenvalue weighted by Crippen LogP contribution is 2.43. The summed E-state index contributed by atoms with van der Waals surface area (Å²) >= 11 is 3.52. The first-order valence-corrected chi connectivity index (χ1v) is 18.8. The van der Waals surface area contributed by atoms with Gasteiger partial charge in [0.25, 0.3) is 0 Å². The van der Waals surface area contributed by atoms with Gasteiger partial charge in [0.2, 0.25) is 0 Å². The molecule has 4 nitrogen and oxygen atoms in total. The molecule has 0 aliphatic carbocycles. The summed E-state index contributed by atoms with van der Waals surface area (Å²) in [5, 5.41) is 10.5. The van der Waals surface area contributed by atoms with Crippen LogP contribution in [0.1, 0.15) is 0 Å². The van der Waals surface area contributed by atoms with Crippen molar-refractivity contribution in [2.24, 2.45) is 0 Å². The van der Waals surface area contributed by atoms with Gasteiger partial charge in [-0.1, -0.05) is 127 Å². The Morgan fingerprint density at radius 2 is 1.04 bits per heavy atom. The molecule has 0 spiro atoms. The lowest BCUT2D eigenvalue weighted by Gasteiger charge is -2.13.